The number of ether oxygens (including phenoxy) is 1. The summed E-state index contributed by atoms with van der Waals surface area (Å²) in [5.41, 5.74) is 3.09. The van der Waals surface area contributed by atoms with E-state index in [2.05, 4.69) is 41.5 Å². The van der Waals surface area contributed by atoms with Crippen molar-refractivity contribution < 1.29 is 9.53 Å². The molecule has 0 saturated carbocycles. The van der Waals surface area contributed by atoms with E-state index < -0.39 is 0 Å². The van der Waals surface area contributed by atoms with Gasteiger partial charge in [0.1, 0.15) is 5.75 Å². The SMILES string of the molecule is CC[C@H](C)c1ccc(NC(=O)CSc2nnc(Cc3ccc(OC)cc3)n2N)cc1. The normalized spacial score (nSPS) is 11.8. The molecule has 1 aromatic heterocycles. The van der Waals surface area contributed by atoms with Crippen LogP contribution in [0, 0.1) is 0 Å². The van der Waals surface area contributed by atoms with Gasteiger partial charge in [0.05, 0.1) is 12.9 Å². The number of hydrogen-bond acceptors (Lipinski definition) is 6. The van der Waals surface area contributed by atoms with Crippen LogP contribution in [0.3, 0.4) is 0 Å². The topological polar surface area (TPSA) is 95.1 Å². The zero-order valence-electron chi connectivity index (χ0n) is 17.5. The van der Waals surface area contributed by atoms with Crippen molar-refractivity contribution in [2.75, 3.05) is 24.0 Å². The zero-order chi connectivity index (χ0) is 21.5. The first-order valence-electron chi connectivity index (χ1n) is 9.85. The summed E-state index contributed by atoms with van der Waals surface area (Å²) in [7, 11) is 1.63. The van der Waals surface area contributed by atoms with Crippen molar-refractivity contribution in [3.05, 3.63) is 65.5 Å². The number of rotatable bonds is 9. The maximum atomic E-state index is 12.3. The van der Waals surface area contributed by atoms with Crippen LogP contribution in [0.25, 0.3) is 0 Å². The highest BCUT2D eigenvalue weighted by atomic mass is 32.2. The Bertz CT molecular complexity index is 970. The Morgan fingerprint density at radius 1 is 1.17 bits per heavy atom. The predicted molar refractivity (Wildman–Crippen MR) is 120 cm³/mol. The second kappa shape index (κ2) is 10.2. The minimum Gasteiger partial charge on any atom is -0.497 e. The second-order valence-corrected chi connectivity index (χ2v) is 8.00. The number of anilines is 1. The first kappa shape index (κ1) is 21.7. The average molecular weight is 426 g/mol. The lowest BCUT2D eigenvalue weighted by molar-refractivity contribution is -0.113. The third-order valence-corrected chi connectivity index (χ3v) is 5.91. The van der Waals surface area contributed by atoms with Gasteiger partial charge in [-0.3, -0.25) is 4.79 Å². The molecule has 0 saturated heterocycles. The van der Waals surface area contributed by atoms with Gasteiger partial charge >= 0.3 is 0 Å². The molecule has 7 nitrogen and oxygen atoms in total. The number of nitrogens with one attached hydrogen (secondary N) is 1. The van der Waals surface area contributed by atoms with Crippen LogP contribution in [0.4, 0.5) is 5.69 Å². The summed E-state index contributed by atoms with van der Waals surface area (Å²) in [6.07, 6.45) is 1.63. The van der Waals surface area contributed by atoms with E-state index in [1.54, 1.807) is 7.11 Å². The van der Waals surface area contributed by atoms with Crippen LogP contribution < -0.4 is 15.9 Å². The summed E-state index contributed by atoms with van der Waals surface area (Å²) in [5, 5.41) is 11.7. The van der Waals surface area contributed by atoms with Gasteiger partial charge in [0, 0.05) is 12.1 Å². The van der Waals surface area contributed by atoms with Crippen molar-refractivity contribution >= 4 is 23.4 Å². The Balaban J connectivity index is 1.53. The van der Waals surface area contributed by atoms with Crippen molar-refractivity contribution in [2.45, 2.75) is 37.8 Å². The van der Waals surface area contributed by atoms with Crippen LogP contribution in [0.15, 0.2) is 53.7 Å². The van der Waals surface area contributed by atoms with Crippen LogP contribution >= 0.6 is 11.8 Å². The summed E-state index contributed by atoms with van der Waals surface area (Å²) >= 11 is 1.26. The molecule has 0 bridgehead atoms. The fourth-order valence-corrected chi connectivity index (χ4v) is 3.59. The molecule has 0 unspecified atom stereocenters. The molecule has 1 heterocycles. The molecule has 30 heavy (non-hydrogen) atoms. The molecule has 2 aromatic carbocycles. The third kappa shape index (κ3) is 5.54. The van der Waals surface area contributed by atoms with E-state index in [4.69, 9.17) is 10.6 Å². The Hall–Kier alpha value is -3.00. The highest BCUT2D eigenvalue weighted by molar-refractivity contribution is 7.99. The summed E-state index contributed by atoms with van der Waals surface area (Å²) in [6.45, 7) is 4.35. The Morgan fingerprint density at radius 3 is 2.50 bits per heavy atom. The summed E-state index contributed by atoms with van der Waals surface area (Å²) in [4.78, 5) is 12.3. The smallest absolute Gasteiger partial charge is 0.234 e. The number of hydrogen-bond donors (Lipinski definition) is 2. The largest absolute Gasteiger partial charge is 0.497 e. The number of carbonyl (C=O) groups is 1. The Morgan fingerprint density at radius 2 is 1.87 bits per heavy atom. The standard InChI is InChI=1S/C22H27N5O2S/c1-4-15(2)17-7-9-18(10-8-17)24-21(28)14-30-22-26-25-20(27(22)23)13-16-5-11-19(29-3)12-6-16/h5-12,15H,4,13-14,23H2,1-3H3,(H,24,28)/t15-/m0/s1. The van der Waals surface area contributed by atoms with Crippen LogP contribution in [-0.2, 0) is 11.2 Å². The van der Waals surface area contributed by atoms with Crippen LogP contribution in [-0.4, -0.2) is 33.6 Å². The van der Waals surface area contributed by atoms with E-state index in [1.807, 2.05) is 36.4 Å². The molecule has 0 aliphatic heterocycles. The van der Waals surface area contributed by atoms with Gasteiger partial charge < -0.3 is 15.9 Å². The lowest BCUT2D eigenvalue weighted by atomic mass is 9.99. The average Bonchev–Trinajstić information content (AvgIpc) is 3.12. The molecule has 1 amide bonds. The van der Waals surface area contributed by atoms with Gasteiger partial charge in [-0.05, 0) is 47.7 Å². The monoisotopic (exact) mass is 425 g/mol. The van der Waals surface area contributed by atoms with Gasteiger partial charge in [0.25, 0.3) is 0 Å². The number of benzene rings is 2. The first-order valence-corrected chi connectivity index (χ1v) is 10.8. The number of methoxy groups -OCH3 is 1. The lowest BCUT2D eigenvalue weighted by Gasteiger charge is -2.10. The quantitative estimate of drug-likeness (QED) is 0.400. The zero-order valence-corrected chi connectivity index (χ0v) is 18.3. The molecule has 0 fully saturated rings. The lowest BCUT2D eigenvalue weighted by Crippen LogP contribution is -2.17. The fourth-order valence-electron chi connectivity index (χ4n) is 2.91. The van der Waals surface area contributed by atoms with Gasteiger partial charge in [-0.2, -0.15) is 0 Å². The minimum absolute atomic E-state index is 0.115. The Kier molecular flexibility index (Phi) is 7.35. The van der Waals surface area contributed by atoms with Crippen molar-refractivity contribution in [1.82, 2.24) is 14.9 Å². The number of aromatic nitrogens is 3. The molecule has 1 atom stereocenters. The van der Waals surface area contributed by atoms with Gasteiger partial charge in [-0.25, -0.2) is 4.68 Å². The molecule has 158 valence electrons. The van der Waals surface area contributed by atoms with Crippen molar-refractivity contribution in [1.29, 1.82) is 0 Å². The van der Waals surface area contributed by atoms with E-state index in [9.17, 15) is 4.79 Å². The number of amides is 1. The molecule has 3 N–H and O–H groups in total. The molecule has 3 aromatic rings. The van der Waals surface area contributed by atoms with Gasteiger partial charge in [0.15, 0.2) is 5.82 Å². The minimum atomic E-state index is -0.115. The van der Waals surface area contributed by atoms with Crippen LogP contribution in [0.5, 0.6) is 5.75 Å². The third-order valence-electron chi connectivity index (χ3n) is 4.96. The molecule has 8 heteroatoms. The summed E-state index contributed by atoms with van der Waals surface area (Å²) in [5.74, 6) is 8.14. The number of nitrogens with two attached hydrogens (primary N) is 1. The molecule has 0 aliphatic rings. The fraction of sp³-hybridized carbons (Fsp3) is 0.318. The van der Waals surface area contributed by atoms with Crippen molar-refractivity contribution in [3.63, 3.8) is 0 Å². The molecule has 0 aliphatic carbocycles. The second-order valence-electron chi connectivity index (χ2n) is 7.06. The maximum absolute atomic E-state index is 12.3. The van der Waals surface area contributed by atoms with Crippen molar-refractivity contribution in [3.8, 4) is 5.75 Å². The van der Waals surface area contributed by atoms with E-state index in [0.717, 1.165) is 23.4 Å². The molecule has 3 rings (SSSR count). The first-order chi connectivity index (χ1) is 14.5. The maximum Gasteiger partial charge on any atom is 0.234 e. The van der Waals surface area contributed by atoms with E-state index >= 15 is 0 Å². The molecule has 0 radical (unpaired) electrons. The summed E-state index contributed by atoms with van der Waals surface area (Å²) in [6, 6.07) is 15.7. The van der Waals surface area contributed by atoms with Gasteiger partial charge in [-0.1, -0.05) is 49.9 Å². The molecular formula is C22H27N5O2S. The van der Waals surface area contributed by atoms with Crippen LogP contribution in [0.2, 0.25) is 0 Å². The predicted octanol–water partition coefficient (Wildman–Crippen LogP) is 3.84. The number of carbonyl (C=O) groups excluding carboxylic acids is 1. The van der Waals surface area contributed by atoms with E-state index in [-0.39, 0.29) is 11.7 Å². The van der Waals surface area contributed by atoms with E-state index in [1.165, 1.54) is 22.0 Å². The Labute approximate surface area is 181 Å². The van der Waals surface area contributed by atoms with Crippen LogP contribution in [0.1, 0.15) is 43.1 Å². The van der Waals surface area contributed by atoms with E-state index in [0.29, 0.717) is 23.3 Å². The number of nitrogen functional groups attached to an aromatic ring is 1. The summed E-state index contributed by atoms with van der Waals surface area (Å²) < 4.78 is 6.60. The molecule has 0 spiro atoms. The number of nitrogens with zero attached hydrogens (tertiary/aromatic N) is 3. The van der Waals surface area contributed by atoms with Crippen molar-refractivity contribution in [2.24, 2.45) is 0 Å². The number of thioether (sulfide) groups is 1. The van der Waals surface area contributed by atoms with Gasteiger partial charge in [0.2, 0.25) is 11.1 Å². The molecular weight excluding hydrogens is 398 g/mol. The van der Waals surface area contributed by atoms with Gasteiger partial charge in [-0.15, -0.1) is 10.2 Å². The highest BCUT2D eigenvalue weighted by Gasteiger charge is 2.13. The highest BCUT2D eigenvalue weighted by Crippen LogP contribution is 2.21.